The third kappa shape index (κ3) is 3.06. The molecule has 3 aromatic rings. The van der Waals surface area contributed by atoms with E-state index in [-0.39, 0.29) is 17.2 Å². The number of carbonyl (C=O) groups is 1. The maximum atomic E-state index is 14.6. The lowest BCUT2D eigenvalue weighted by molar-refractivity contribution is 0.101. The summed E-state index contributed by atoms with van der Waals surface area (Å²) in [6, 6.07) is 15.0. The number of hydrogen-bond acceptors (Lipinski definition) is 3. The first-order chi connectivity index (χ1) is 13.4. The fourth-order valence-corrected chi connectivity index (χ4v) is 5.20. The van der Waals surface area contributed by atoms with Crippen molar-refractivity contribution < 1.29 is 17.6 Å². The van der Waals surface area contributed by atoms with E-state index in [0.29, 0.717) is 17.7 Å². The van der Waals surface area contributed by atoms with Crippen molar-refractivity contribution in [3.05, 3.63) is 89.5 Å². The number of halogens is 1. The van der Waals surface area contributed by atoms with Crippen LogP contribution in [0.5, 0.6) is 0 Å². The Kier molecular flexibility index (Phi) is 4.64. The van der Waals surface area contributed by atoms with Gasteiger partial charge in [-0.05, 0) is 37.3 Å². The number of fused-ring (bicyclic) bond motifs is 1. The lowest BCUT2D eigenvalue weighted by atomic mass is 10.0. The summed E-state index contributed by atoms with van der Waals surface area (Å²) in [4.78, 5) is 11.6. The highest BCUT2D eigenvalue weighted by atomic mass is 32.2. The molecule has 0 fully saturated rings. The predicted octanol–water partition coefficient (Wildman–Crippen LogP) is 3.62. The number of rotatable bonds is 4. The average Bonchev–Trinajstić information content (AvgIpc) is 3.16. The molecule has 0 saturated carbocycles. The monoisotopic (exact) mass is 398 g/mol. The van der Waals surface area contributed by atoms with E-state index in [1.165, 1.54) is 41.6 Å². The number of aromatic nitrogens is 1. The fourth-order valence-electron chi connectivity index (χ4n) is 3.63. The predicted molar refractivity (Wildman–Crippen MR) is 103 cm³/mol. The van der Waals surface area contributed by atoms with Crippen molar-refractivity contribution >= 4 is 15.8 Å². The molecule has 1 atom stereocenters. The SMILES string of the molecule is CC(=O)c1ccc(S(=O)(=O)N2CCn3cccc3[C@@H]2c2ccccc2F)cc1. The van der Waals surface area contributed by atoms with Gasteiger partial charge in [-0.25, -0.2) is 12.8 Å². The standard InChI is InChI=1S/C21H19FN2O3S/c1-15(25)16-8-10-17(11-9-16)28(26,27)24-14-13-23-12-4-7-20(23)21(24)18-5-2-3-6-19(18)22/h2-12,21H,13-14H2,1H3/t21-/m0/s1. The zero-order valence-electron chi connectivity index (χ0n) is 15.2. The van der Waals surface area contributed by atoms with Crippen LogP contribution in [-0.4, -0.2) is 29.6 Å². The number of sulfonamides is 1. The summed E-state index contributed by atoms with van der Waals surface area (Å²) < 4.78 is 44.7. The second kappa shape index (κ2) is 7.00. The Hall–Kier alpha value is -2.77. The van der Waals surface area contributed by atoms with Crippen LogP contribution in [0.1, 0.15) is 34.6 Å². The summed E-state index contributed by atoms with van der Waals surface area (Å²) in [5.41, 5.74) is 1.48. The molecule has 7 heteroatoms. The topological polar surface area (TPSA) is 59.4 Å². The number of Topliss-reactive ketones (excluding diaryl/α,β-unsaturated/α-hetero) is 1. The number of benzene rings is 2. The van der Waals surface area contributed by atoms with E-state index in [1.54, 1.807) is 18.2 Å². The lowest BCUT2D eigenvalue weighted by Gasteiger charge is -2.36. The highest BCUT2D eigenvalue weighted by molar-refractivity contribution is 7.89. The summed E-state index contributed by atoms with van der Waals surface area (Å²) in [6.45, 7) is 2.13. The van der Waals surface area contributed by atoms with Crippen LogP contribution in [0, 0.1) is 5.82 Å². The second-order valence-electron chi connectivity index (χ2n) is 6.75. The van der Waals surface area contributed by atoms with Gasteiger partial charge in [0, 0.05) is 36.1 Å². The lowest BCUT2D eigenvalue weighted by Crippen LogP contribution is -2.42. The van der Waals surface area contributed by atoms with Gasteiger partial charge in [0.25, 0.3) is 0 Å². The molecule has 5 nitrogen and oxygen atoms in total. The molecule has 28 heavy (non-hydrogen) atoms. The minimum absolute atomic E-state index is 0.0823. The van der Waals surface area contributed by atoms with Crippen LogP contribution >= 0.6 is 0 Å². The number of carbonyl (C=O) groups excluding carboxylic acids is 1. The Balaban J connectivity index is 1.83. The van der Waals surface area contributed by atoms with Crippen molar-refractivity contribution in [1.82, 2.24) is 8.87 Å². The van der Waals surface area contributed by atoms with Gasteiger partial charge in [-0.1, -0.05) is 30.3 Å². The molecule has 2 aromatic carbocycles. The number of hydrogen-bond donors (Lipinski definition) is 0. The molecule has 0 saturated heterocycles. The van der Waals surface area contributed by atoms with Crippen LogP contribution < -0.4 is 0 Å². The minimum Gasteiger partial charge on any atom is -0.348 e. The fraction of sp³-hybridized carbons (Fsp3) is 0.190. The molecule has 1 aliphatic heterocycles. The van der Waals surface area contributed by atoms with Gasteiger partial charge in [-0.3, -0.25) is 4.79 Å². The summed E-state index contributed by atoms with van der Waals surface area (Å²) >= 11 is 0. The van der Waals surface area contributed by atoms with Crippen LogP contribution in [0.3, 0.4) is 0 Å². The van der Waals surface area contributed by atoms with Crippen molar-refractivity contribution in [2.45, 2.75) is 24.4 Å². The van der Waals surface area contributed by atoms with E-state index >= 15 is 0 Å². The van der Waals surface area contributed by atoms with Gasteiger partial charge >= 0.3 is 0 Å². The highest BCUT2D eigenvalue weighted by Crippen LogP contribution is 2.37. The van der Waals surface area contributed by atoms with Crippen LogP contribution in [0.15, 0.2) is 71.8 Å². The Morgan fingerprint density at radius 2 is 1.71 bits per heavy atom. The first kappa shape index (κ1) is 18.6. The smallest absolute Gasteiger partial charge is 0.244 e. The molecule has 0 spiro atoms. The van der Waals surface area contributed by atoms with E-state index in [1.807, 2.05) is 22.9 Å². The molecule has 0 bridgehead atoms. The maximum Gasteiger partial charge on any atom is 0.244 e. The van der Waals surface area contributed by atoms with Gasteiger partial charge in [0.05, 0.1) is 10.9 Å². The second-order valence-corrected chi connectivity index (χ2v) is 8.64. The molecule has 0 aliphatic carbocycles. The molecule has 1 aromatic heterocycles. The van der Waals surface area contributed by atoms with Crippen LogP contribution in [0.25, 0.3) is 0 Å². The molecule has 4 rings (SSSR count). The van der Waals surface area contributed by atoms with Gasteiger partial charge in [0.2, 0.25) is 10.0 Å². The quantitative estimate of drug-likeness (QED) is 0.631. The van der Waals surface area contributed by atoms with Crippen molar-refractivity contribution in [2.24, 2.45) is 0 Å². The van der Waals surface area contributed by atoms with Gasteiger partial charge in [0.15, 0.2) is 5.78 Å². The van der Waals surface area contributed by atoms with E-state index < -0.39 is 21.9 Å². The number of ketones is 1. The van der Waals surface area contributed by atoms with Crippen molar-refractivity contribution in [3.63, 3.8) is 0 Å². The summed E-state index contributed by atoms with van der Waals surface area (Å²) in [5.74, 6) is -0.585. The van der Waals surface area contributed by atoms with Gasteiger partial charge in [-0.15, -0.1) is 0 Å². The molecule has 1 aliphatic rings. The van der Waals surface area contributed by atoms with Gasteiger partial charge in [0.1, 0.15) is 5.82 Å². The van der Waals surface area contributed by atoms with Crippen LogP contribution in [0.4, 0.5) is 4.39 Å². The van der Waals surface area contributed by atoms with E-state index in [9.17, 15) is 17.6 Å². The Labute approximate surface area is 163 Å². The summed E-state index contributed by atoms with van der Waals surface area (Å²) in [7, 11) is -3.90. The molecule has 0 amide bonds. The first-order valence-corrected chi connectivity index (χ1v) is 10.4. The average molecular weight is 398 g/mol. The van der Waals surface area contributed by atoms with Crippen molar-refractivity contribution in [3.8, 4) is 0 Å². The minimum atomic E-state index is -3.90. The Bertz CT molecular complexity index is 1140. The van der Waals surface area contributed by atoms with Gasteiger partial charge < -0.3 is 4.57 Å². The van der Waals surface area contributed by atoms with Crippen molar-refractivity contribution in [2.75, 3.05) is 6.54 Å². The molecule has 0 unspecified atom stereocenters. The zero-order valence-corrected chi connectivity index (χ0v) is 16.1. The Morgan fingerprint density at radius 1 is 1.00 bits per heavy atom. The third-order valence-electron chi connectivity index (χ3n) is 5.06. The zero-order chi connectivity index (χ0) is 19.9. The maximum absolute atomic E-state index is 14.6. The third-order valence-corrected chi connectivity index (χ3v) is 6.94. The molecule has 0 N–H and O–H groups in total. The van der Waals surface area contributed by atoms with Crippen LogP contribution in [-0.2, 0) is 16.6 Å². The molecule has 2 heterocycles. The first-order valence-electron chi connectivity index (χ1n) is 8.92. The molecular formula is C21H19FN2O3S. The Morgan fingerprint density at radius 3 is 2.39 bits per heavy atom. The number of nitrogens with zero attached hydrogens (tertiary/aromatic N) is 2. The van der Waals surface area contributed by atoms with Crippen molar-refractivity contribution in [1.29, 1.82) is 0 Å². The van der Waals surface area contributed by atoms with E-state index in [0.717, 1.165) is 5.69 Å². The normalized spacial score (nSPS) is 17.3. The van der Waals surface area contributed by atoms with E-state index in [4.69, 9.17) is 0 Å². The largest absolute Gasteiger partial charge is 0.348 e. The summed E-state index contributed by atoms with van der Waals surface area (Å²) in [6.07, 6.45) is 1.87. The summed E-state index contributed by atoms with van der Waals surface area (Å²) in [5, 5.41) is 0. The molecule has 144 valence electrons. The molecular weight excluding hydrogens is 379 g/mol. The molecule has 0 radical (unpaired) electrons. The van der Waals surface area contributed by atoms with E-state index in [2.05, 4.69) is 0 Å². The van der Waals surface area contributed by atoms with Crippen LogP contribution in [0.2, 0.25) is 0 Å². The highest BCUT2D eigenvalue weighted by Gasteiger charge is 2.38. The van der Waals surface area contributed by atoms with Gasteiger partial charge in [-0.2, -0.15) is 4.31 Å².